The Morgan fingerprint density at radius 1 is 1.50 bits per heavy atom. The van der Waals surface area contributed by atoms with Crippen molar-refractivity contribution >= 4 is 29.3 Å². The SMILES string of the molecule is CC(NCCOC(N)=O)c1cc(F)c(Cl)cc1Cl. The fourth-order valence-corrected chi connectivity index (χ4v) is 1.95. The smallest absolute Gasteiger partial charge is 0.404 e. The topological polar surface area (TPSA) is 64.3 Å². The Hall–Kier alpha value is -1.04. The summed E-state index contributed by atoms with van der Waals surface area (Å²) in [6.45, 7) is 2.32. The number of benzene rings is 1. The molecule has 0 aromatic heterocycles. The van der Waals surface area contributed by atoms with Gasteiger partial charge in [0.05, 0.1) is 5.02 Å². The van der Waals surface area contributed by atoms with Gasteiger partial charge in [0.25, 0.3) is 0 Å². The van der Waals surface area contributed by atoms with Gasteiger partial charge >= 0.3 is 6.09 Å². The number of amides is 1. The molecule has 0 fully saturated rings. The molecule has 1 aromatic carbocycles. The zero-order chi connectivity index (χ0) is 13.7. The largest absolute Gasteiger partial charge is 0.448 e. The van der Waals surface area contributed by atoms with E-state index < -0.39 is 11.9 Å². The van der Waals surface area contributed by atoms with E-state index in [0.717, 1.165) is 0 Å². The van der Waals surface area contributed by atoms with Crippen LogP contribution in [-0.4, -0.2) is 19.2 Å². The zero-order valence-corrected chi connectivity index (χ0v) is 11.2. The van der Waals surface area contributed by atoms with Gasteiger partial charge < -0.3 is 15.8 Å². The summed E-state index contributed by atoms with van der Waals surface area (Å²) >= 11 is 11.6. The molecule has 1 amide bonds. The molecular formula is C11H13Cl2FN2O2. The maximum Gasteiger partial charge on any atom is 0.404 e. The molecule has 0 spiro atoms. The van der Waals surface area contributed by atoms with Gasteiger partial charge in [-0.25, -0.2) is 9.18 Å². The summed E-state index contributed by atoms with van der Waals surface area (Å²) in [5.74, 6) is -0.530. The molecule has 1 rings (SSSR count). The summed E-state index contributed by atoms with van der Waals surface area (Å²) < 4.78 is 17.9. The van der Waals surface area contributed by atoms with Crippen LogP contribution in [0, 0.1) is 5.82 Å². The third kappa shape index (κ3) is 4.33. The lowest BCUT2D eigenvalue weighted by molar-refractivity contribution is 0.156. The van der Waals surface area contributed by atoms with Crippen LogP contribution in [0.5, 0.6) is 0 Å². The van der Waals surface area contributed by atoms with E-state index in [2.05, 4.69) is 10.1 Å². The van der Waals surface area contributed by atoms with Crippen LogP contribution in [0.4, 0.5) is 9.18 Å². The van der Waals surface area contributed by atoms with Crippen molar-refractivity contribution in [2.75, 3.05) is 13.2 Å². The molecule has 1 aromatic rings. The maximum atomic E-state index is 13.3. The Labute approximate surface area is 114 Å². The van der Waals surface area contributed by atoms with Crippen molar-refractivity contribution in [3.05, 3.63) is 33.6 Å². The fraction of sp³-hybridized carbons (Fsp3) is 0.364. The molecule has 0 radical (unpaired) electrons. The highest BCUT2D eigenvalue weighted by atomic mass is 35.5. The third-order valence-electron chi connectivity index (χ3n) is 2.30. The summed E-state index contributed by atoms with van der Waals surface area (Å²) in [5.41, 5.74) is 5.39. The number of nitrogens with two attached hydrogens (primary N) is 1. The average molecular weight is 295 g/mol. The van der Waals surface area contributed by atoms with Gasteiger partial charge in [0, 0.05) is 17.6 Å². The number of hydrogen-bond acceptors (Lipinski definition) is 3. The van der Waals surface area contributed by atoms with E-state index in [4.69, 9.17) is 28.9 Å². The van der Waals surface area contributed by atoms with E-state index >= 15 is 0 Å². The van der Waals surface area contributed by atoms with Gasteiger partial charge in [-0.1, -0.05) is 23.2 Å². The number of primary amides is 1. The van der Waals surface area contributed by atoms with Gasteiger partial charge in [-0.15, -0.1) is 0 Å². The van der Waals surface area contributed by atoms with E-state index in [1.165, 1.54) is 12.1 Å². The van der Waals surface area contributed by atoms with Gasteiger partial charge in [0.1, 0.15) is 12.4 Å². The second-order valence-electron chi connectivity index (χ2n) is 3.63. The van der Waals surface area contributed by atoms with Crippen LogP contribution >= 0.6 is 23.2 Å². The summed E-state index contributed by atoms with van der Waals surface area (Å²) in [4.78, 5) is 10.3. The van der Waals surface area contributed by atoms with Crippen LogP contribution in [0.3, 0.4) is 0 Å². The second kappa shape index (κ2) is 6.78. The van der Waals surface area contributed by atoms with Crippen molar-refractivity contribution in [2.24, 2.45) is 5.73 Å². The first-order chi connectivity index (χ1) is 8.41. The van der Waals surface area contributed by atoms with Crippen LogP contribution in [-0.2, 0) is 4.74 Å². The first-order valence-corrected chi connectivity index (χ1v) is 5.97. The first-order valence-electron chi connectivity index (χ1n) is 5.22. The predicted octanol–water partition coefficient (Wildman–Crippen LogP) is 2.88. The number of carbonyl (C=O) groups excluding carboxylic acids is 1. The quantitative estimate of drug-likeness (QED) is 0.648. The van der Waals surface area contributed by atoms with Crippen molar-refractivity contribution in [2.45, 2.75) is 13.0 Å². The van der Waals surface area contributed by atoms with Crippen LogP contribution in [0.2, 0.25) is 10.0 Å². The molecular weight excluding hydrogens is 282 g/mol. The number of halogens is 3. The molecule has 0 aliphatic rings. The Morgan fingerprint density at radius 3 is 2.78 bits per heavy atom. The van der Waals surface area contributed by atoms with E-state index in [9.17, 15) is 9.18 Å². The molecule has 4 nitrogen and oxygen atoms in total. The first kappa shape index (κ1) is 15.0. The zero-order valence-electron chi connectivity index (χ0n) is 9.67. The molecule has 0 aliphatic carbocycles. The van der Waals surface area contributed by atoms with Crippen LogP contribution in [0.25, 0.3) is 0 Å². The Balaban J connectivity index is 2.58. The van der Waals surface area contributed by atoms with E-state index in [1.54, 1.807) is 6.92 Å². The van der Waals surface area contributed by atoms with Gasteiger partial charge in [0.2, 0.25) is 0 Å². The van der Waals surface area contributed by atoms with Crippen molar-refractivity contribution in [3.8, 4) is 0 Å². The minimum Gasteiger partial charge on any atom is -0.448 e. The minimum atomic E-state index is -0.833. The van der Waals surface area contributed by atoms with Gasteiger partial charge in [-0.05, 0) is 24.6 Å². The van der Waals surface area contributed by atoms with Crippen LogP contribution in [0.15, 0.2) is 12.1 Å². The van der Waals surface area contributed by atoms with Crippen molar-refractivity contribution in [3.63, 3.8) is 0 Å². The number of rotatable bonds is 5. The number of hydrogen-bond donors (Lipinski definition) is 2. The Morgan fingerprint density at radius 2 is 2.17 bits per heavy atom. The Kier molecular flexibility index (Phi) is 5.65. The summed E-state index contributed by atoms with van der Waals surface area (Å²) in [7, 11) is 0. The van der Waals surface area contributed by atoms with E-state index in [0.29, 0.717) is 17.1 Å². The highest BCUT2D eigenvalue weighted by molar-refractivity contribution is 6.35. The van der Waals surface area contributed by atoms with E-state index in [-0.39, 0.29) is 17.7 Å². The molecule has 1 unspecified atom stereocenters. The normalized spacial score (nSPS) is 12.2. The molecule has 1 atom stereocenters. The molecule has 7 heteroatoms. The summed E-state index contributed by atoms with van der Waals surface area (Å²) in [6.07, 6.45) is -0.833. The van der Waals surface area contributed by atoms with Crippen LogP contribution in [0.1, 0.15) is 18.5 Å². The number of nitrogens with one attached hydrogen (secondary N) is 1. The lowest BCUT2D eigenvalue weighted by Crippen LogP contribution is -2.26. The molecule has 18 heavy (non-hydrogen) atoms. The van der Waals surface area contributed by atoms with Crippen molar-refractivity contribution in [1.82, 2.24) is 5.32 Å². The standard InChI is InChI=1S/C11H13Cl2FN2O2/c1-6(16-2-3-18-11(15)17)7-4-10(14)9(13)5-8(7)12/h4-6,16H,2-3H2,1H3,(H2,15,17). The monoisotopic (exact) mass is 294 g/mol. The molecule has 0 aliphatic heterocycles. The van der Waals surface area contributed by atoms with Gasteiger partial charge in [-0.2, -0.15) is 0 Å². The molecule has 3 N–H and O–H groups in total. The molecule has 0 saturated carbocycles. The second-order valence-corrected chi connectivity index (χ2v) is 4.45. The fourth-order valence-electron chi connectivity index (χ4n) is 1.41. The predicted molar refractivity (Wildman–Crippen MR) is 68.4 cm³/mol. The minimum absolute atomic E-state index is 0.0204. The highest BCUT2D eigenvalue weighted by Gasteiger charge is 2.12. The molecule has 100 valence electrons. The molecule has 0 bridgehead atoms. The van der Waals surface area contributed by atoms with Crippen LogP contribution < -0.4 is 11.1 Å². The number of carbonyl (C=O) groups is 1. The lowest BCUT2D eigenvalue weighted by Gasteiger charge is -2.16. The van der Waals surface area contributed by atoms with Gasteiger partial charge in [-0.3, -0.25) is 0 Å². The lowest BCUT2D eigenvalue weighted by atomic mass is 10.1. The summed E-state index contributed by atoms with van der Waals surface area (Å²) in [5, 5.41) is 3.37. The van der Waals surface area contributed by atoms with Gasteiger partial charge in [0.15, 0.2) is 0 Å². The highest BCUT2D eigenvalue weighted by Crippen LogP contribution is 2.28. The Bertz CT molecular complexity index is 443. The average Bonchev–Trinajstić information content (AvgIpc) is 2.28. The third-order valence-corrected chi connectivity index (χ3v) is 2.92. The maximum absolute atomic E-state index is 13.3. The van der Waals surface area contributed by atoms with E-state index in [1.807, 2.05) is 0 Å². The number of ether oxygens (including phenoxy) is 1. The molecule has 0 saturated heterocycles. The molecule has 0 heterocycles. The summed E-state index contributed by atoms with van der Waals surface area (Å²) in [6, 6.07) is 2.42. The van der Waals surface area contributed by atoms with Crippen molar-refractivity contribution < 1.29 is 13.9 Å². The van der Waals surface area contributed by atoms with Crippen molar-refractivity contribution in [1.29, 1.82) is 0 Å².